The van der Waals surface area contributed by atoms with Crippen molar-refractivity contribution in [3.8, 4) is 11.8 Å². The second-order valence-electron chi connectivity index (χ2n) is 6.61. The molecule has 11 heteroatoms. The van der Waals surface area contributed by atoms with Crippen LogP contribution in [0.4, 0.5) is 5.95 Å². The van der Waals surface area contributed by atoms with Gasteiger partial charge in [-0.2, -0.15) is 9.97 Å². The van der Waals surface area contributed by atoms with Gasteiger partial charge in [-0.05, 0) is 34.0 Å². The van der Waals surface area contributed by atoms with Crippen molar-refractivity contribution in [2.24, 2.45) is 5.92 Å². The Morgan fingerprint density at radius 3 is 2.23 bits per heavy atom. The number of benzene rings is 1. The minimum atomic E-state index is -0.944. The smallest absolute Gasteiger partial charge is 0.329 e. The van der Waals surface area contributed by atoms with E-state index < -0.39 is 30.4 Å². The van der Waals surface area contributed by atoms with Gasteiger partial charge in [-0.15, -0.1) is 0 Å². The topological polar surface area (TPSA) is 129 Å². The van der Waals surface area contributed by atoms with E-state index in [0.29, 0.717) is 10.0 Å². The molecule has 0 aliphatic carbocycles. The molecular weight excluding hydrogens is 472 g/mol. The summed E-state index contributed by atoms with van der Waals surface area (Å²) in [4.78, 5) is 45.1. The van der Waals surface area contributed by atoms with Crippen LogP contribution in [0.15, 0.2) is 34.8 Å². The van der Waals surface area contributed by atoms with Gasteiger partial charge in [0, 0.05) is 4.47 Å². The van der Waals surface area contributed by atoms with E-state index in [1.54, 1.807) is 38.1 Å². The van der Waals surface area contributed by atoms with Gasteiger partial charge in [-0.3, -0.25) is 14.9 Å². The number of halogens is 1. The minimum Gasteiger partial charge on any atom is -0.481 e. The van der Waals surface area contributed by atoms with Crippen LogP contribution in [0, 0.1) is 5.92 Å². The van der Waals surface area contributed by atoms with E-state index in [1.807, 2.05) is 0 Å². The zero-order valence-electron chi connectivity index (χ0n) is 17.5. The Balaban J connectivity index is 1.98. The summed E-state index contributed by atoms with van der Waals surface area (Å²) in [5.41, 5.74) is 0.378. The lowest BCUT2D eigenvalue weighted by Gasteiger charge is -2.21. The fourth-order valence-corrected chi connectivity index (χ4v) is 2.88. The number of rotatable bonds is 9. The molecule has 1 aromatic carbocycles. The standard InChI is InChI=1S/C20H23BrN4O6/c1-11(2)17(25-18(27)12-7-5-6-8-13(12)21)19(28)31-10-14(26)22-20-23-15(29-3)9-16(24-20)30-4/h5-9,11,17H,10H2,1-4H3,(H,25,27)(H,22,23,24,26)/t17-/m0/s1. The van der Waals surface area contributed by atoms with E-state index in [1.165, 1.54) is 20.3 Å². The molecule has 2 aromatic rings. The molecule has 31 heavy (non-hydrogen) atoms. The van der Waals surface area contributed by atoms with Gasteiger partial charge in [0.1, 0.15) is 6.04 Å². The Morgan fingerprint density at radius 1 is 1.06 bits per heavy atom. The first-order chi connectivity index (χ1) is 14.7. The Bertz CT molecular complexity index is 931. The number of carbonyl (C=O) groups is 3. The van der Waals surface area contributed by atoms with Crippen molar-refractivity contribution in [1.29, 1.82) is 0 Å². The molecule has 0 radical (unpaired) electrons. The average molecular weight is 495 g/mol. The largest absolute Gasteiger partial charge is 0.481 e. The summed E-state index contributed by atoms with van der Waals surface area (Å²) in [5.74, 6) is -1.81. The Kier molecular flexibility index (Phi) is 8.74. The molecule has 166 valence electrons. The number of esters is 1. The fraction of sp³-hybridized carbons (Fsp3) is 0.350. The lowest BCUT2D eigenvalue weighted by atomic mass is 10.0. The zero-order chi connectivity index (χ0) is 23.0. The van der Waals surface area contributed by atoms with Crippen LogP contribution in [0.5, 0.6) is 11.8 Å². The lowest BCUT2D eigenvalue weighted by molar-refractivity contribution is -0.150. The highest BCUT2D eigenvalue weighted by Gasteiger charge is 2.27. The van der Waals surface area contributed by atoms with Crippen LogP contribution < -0.4 is 20.1 Å². The number of hydrogen-bond acceptors (Lipinski definition) is 8. The number of ether oxygens (including phenoxy) is 3. The Labute approximate surface area is 187 Å². The molecule has 0 saturated carbocycles. The third kappa shape index (κ3) is 6.92. The molecule has 0 aliphatic heterocycles. The maximum absolute atomic E-state index is 12.5. The van der Waals surface area contributed by atoms with Gasteiger partial charge in [0.25, 0.3) is 11.8 Å². The highest BCUT2D eigenvalue weighted by Crippen LogP contribution is 2.18. The third-order valence-corrected chi connectivity index (χ3v) is 4.71. The predicted octanol–water partition coefficient (Wildman–Crippen LogP) is 2.19. The van der Waals surface area contributed by atoms with Crippen LogP contribution >= 0.6 is 15.9 Å². The number of methoxy groups -OCH3 is 2. The fourth-order valence-electron chi connectivity index (χ4n) is 2.42. The number of aromatic nitrogens is 2. The number of hydrogen-bond donors (Lipinski definition) is 2. The van der Waals surface area contributed by atoms with Gasteiger partial charge in [0.15, 0.2) is 6.61 Å². The summed E-state index contributed by atoms with van der Waals surface area (Å²) in [6, 6.07) is 7.32. The predicted molar refractivity (Wildman–Crippen MR) is 115 cm³/mol. The van der Waals surface area contributed by atoms with Crippen molar-refractivity contribution >= 4 is 39.7 Å². The first-order valence-corrected chi connectivity index (χ1v) is 10.0. The molecule has 0 fully saturated rings. The van der Waals surface area contributed by atoms with Gasteiger partial charge < -0.3 is 19.5 Å². The van der Waals surface area contributed by atoms with E-state index in [0.717, 1.165) is 0 Å². The monoisotopic (exact) mass is 494 g/mol. The van der Waals surface area contributed by atoms with Crippen LogP contribution in [-0.2, 0) is 14.3 Å². The lowest BCUT2D eigenvalue weighted by Crippen LogP contribution is -2.46. The van der Waals surface area contributed by atoms with E-state index in [-0.39, 0.29) is 23.6 Å². The third-order valence-electron chi connectivity index (χ3n) is 4.02. The highest BCUT2D eigenvalue weighted by atomic mass is 79.9. The number of nitrogens with zero attached hydrogens (tertiary/aromatic N) is 2. The normalized spacial score (nSPS) is 11.4. The average Bonchev–Trinajstić information content (AvgIpc) is 2.75. The van der Waals surface area contributed by atoms with Crippen LogP contribution in [0.25, 0.3) is 0 Å². The molecular formula is C20H23BrN4O6. The second kappa shape index (κ2) is 11.3. The summed E-state index contributed by atoms with van der Waals surface area (Å²) < 4.78 is 15.7. The minimum absolute atomic E-state index is 0.0695. The quantitative estimate of drug-likeness (QED) is 0.507. The molecule has 0 bridgehead atoms. The van der Waals surface area contributed by atoms with Gasteiger partial charge in [-0.1, -0.05) is 26.0 Å². The molecule has 1 heterocycles. The van der Waals surface area contributed by atoms with E-state index >= 15 is 0 Å². The van der Waals surface area contributed by atoms with Crippen molar-refractivity contribution in [2.75, 3.05) is 26.1 Å². The molecule has 10 nitrogen and oxygen atoms in total. The summed E-state index contributed by atoms with van der Waals surface area (Å²) in [6.45, 7) is 2.92. The van der Waals surface area contributed by atoms with E-state index in [9.17, 15) is 14.4 Å². The van der Waals surface area contributed by atoms with E-state index in [2.05, 4.69) is 36.5 Å². The van der Waals surface area contributed by atoms with Crippen molar-refractivity contribution in [1.82, 2.24) is 15.3 Å². The zero-order valence-corrected chi connectivity index (χ0v) is 19.1. The molecule has 1 atom stereocenters. The first-order valence-electron chi connectivity index (χ1n) is 9.24. The summed E-state index contributed by atoms with van der Waals surface area (Å²) in [7, 11) is 2.81. The van der Waals surface area contributed by atoms with Crippen molar-refractivity contribution in [3.05, 3.63) is 40.4 Å². The number of nitrogens with one attached hydrogen (secondary N) is 2. The molecule has 2 amide bonds. The number of carbonyl (C=O) groups excluding carboxylic acids is 3. The SMILES string of the molecule is COc1cc(OC)nc(NC(=O)COC(=O)[C@@H](NC(=O)c2ccccc2Br)C(C)C)n1. The van der Waals surface area contributed by atoms with Crippen molar-refractivity contribution in [2.45, 2.75) is 19.9 Å². The molecule has 0 unspecified atom stereocenters. The molecule has 2 rings (SSSR count). The summed E-state index contributed by atoms with van der Waals surface area (Å²) in [6.07, 6.45) is 0. The second-order valence-corrected chi connectivity index (χ2v) is 7.46. The van der Waals surface area contributed by atoms with Crippen LogP contribution in [0.1, 0.15) is 24.2 Å². The summed E-state index contributed by atoms with van der Waals surface area (Å²) in [5, 5.41) is 5.04. The van der Waals surface area contributed by atoms with Gasteiger partial charge in [0.2, 0.25) is 17.7 Å². The maximum Gasteiger partial charge on any atom is 0.329 e. The van der Waals surface area contributed by atoms with Crippen LogP contribution in [-0.4, -0.2) is 54.6 Å². The maximum atomic E-state index is 12.5. The molecule has 2 N–H and O–H groups in total. The highest BCUT2D eigenvalue weighted by molar-refractivity contribution is 9.10. The molecule has 1 aromatic heterocycles. The molecule has 0 aliphatic rings. The Hall–Kier alpha value is -3.21. The van der Waals surface area contributed by atoms with Gasteiger partial charge in [-0.25, -0.2) is 4.79 Å². The number of anilines is 1. The van der Waals surface area contributed by atoms with E-state index in [4.69, 9.17) is 14.2 Å². The Morgan fingerprint density at radius 2 is 1.68 bits per heavy atom. The van der Waals surface area contributed by atoms with Crippen molar-refractivity contribution < 1.29 is 28.6 Å². The molecule has 0 spiro atoms. The summed E-state index contributed by atoms with van der Waals surface area (Å²) >= 11 is 3.30. The van der Waals surface area contributed by atoms with Gasteiger partial charge >= 0.3 is 5.97 Å². The number of amides is 2. The first kappa shape index (κ1) is 24.1. The van der Waals surface area contributed by atoms with Crippen LogP contribution in [0.3, 0.4) is 0 Å². The van der Waals surface area contributed by atoms with Gasteiger partial charge in [0.05, 0.1) is 25.8 Å². The van der Waals surface area contributed by atoms with Crippen LogP contribution in [0.2, 0.25) is 0 Å². The van der Waals surface area contributed by atoms with Crippen molar-refractivity contribution in [3.63, 3.8) is 0 Å². The molecule has 0 saturated heterocycles.